The lowest BCUT2D eigenvalue weighted by molar-refractivity contribution is 0.0955. The first kappa shape index (κ1) is 15.4. The van der Waals surface area contributed by atoms with Crippen LogP contribution in [0, 0.1) is 0 Å². The zero-order valence-electron chi connectivity index (χ0n) is 12.0. The number of ether oxygens (including phenoxy) is 2. The number of fused-ring (bicyclic) bond motifs is 1. The average molecular weight is 377 g/mol. The fraction of sp³-hybridized carbons (Fsp3) is 0.125. The van der Waals surface area contributed by atoms with E-state index in [1.807, 2.05) is 6.07 Å². The number of hydrogen-bond acceptors (Lipinski definition) is 5. The van der Waals surface area contributed by atoms with Crippen molar-refractivity contribution in [3.8, 4) is 17.2 Å². The Kier molecular flexibility index (Phi) is 4.47. The lowest BCUT2D eigenvalue weighted by Crippen LogP contribution is -2.17. The van der Waals surface area contributed by atoms with Gasteiger partial charge in [0.25, 0.3) is 5.91 Å². The molecule has 2 N–H and O–H groups in total. The highest BCUT2D eigenvalue weighted by Gasteiger charge is 2.11. The van der Waals surface area contributed by atoms with E-state index in [1.54, 1.807) is 12.1 Å². The summed E-state index contributed by atoms with van der Waals surface area (Å²) in [7, 11) is 0. The molecule has 7 heteroatoms. The molecule has 1 aliphatic rings. The van der Waals surface area contributed by atoms with Crippen LogP contribution in [0.3, 0.4) is 0 Å². The van der Waals surface area contributed by atoms with Crippen molar-refractivity contribution in [2.24, 2.45) is 5.10 Å². The Morgan fingerprint density at radius 2 is 1.96 bits per heavy atom. The number of phenolic OH excluding ortho intramolecular Hbond substituents is 1. The minimum atomic E-state index is -0.375. The normalized spacial score (nSPS) is 13.1. The zero-order chi connectivity index (χ0) is 16.2. The van der Waals surface area contributed by atoms with Crippen molar-refractivity contribution in [1.29, 1.82) is 0 Å². The lowest BCUT2D eigenvalue weighted by Gasteiger charge is -2.18. The number of nitrogens with one attached hydrogen (secondary N) is 1. The van der Waals surface area contributed by atoms with Crippen LogP contribution in [0.2, 0.25) is 0 Å². The van der Waals surface area contributed by atoms with E-state index in [9.17, 15) is 9.90 Å². The van der Waals surface area contributed by atoms with Crippen molar-refractivity contribution < 1.29 is 19.4 Å². The van der Waals surface area contributed by atoms with Crippen LogP contribution in [0.15, 0.2) is 46.0 Å². The molecule has 2 aromatic carbocycles. The maximum atomic E-state index is 12.0. The minimum Gasteiger partial charge on any atom is -0.507 e. The van der Waals surface area contributed by atoms with Gasteiger partial charge in [-0.25, -0.2) is 5.43 Å². The summed E-state index contributed by atoms with van der Waals surface area (Å²) in [5, 5.41) is 13.3. The molecular weight excluding hydrogens is 364 g/mol. The number of rotatable bonds is 3. The Hall–Kier alpha value is -2.54. The van der Waals surface area contributed by atoms with Crippen LogP contribution >= 0.6 is 15.9 Å². The molecule has 23 heavy (non-hydrogen) atoms. The van der Waals surface area contributed by atoms with Crippen molar-refractivity contribution >= 4 is 28.1 Å². The third-order valence-electron chi connectivity index (χ3n) is 3.16. The van der Waals surface area contributed by atoms with Crippen LogP contribution in [0.5, 0.6) is 17.2 Å². The summed E-state index contributed by atoms with van der Waals surface area (Å²) in [6, 6.07) is 9.87. The number of phenols is 1. The first-order chi connectivity index (χ1) is 11.1. The number of carbonyl (C=O) groups excluding carboxylic acids is 1. The van der Waals surface area contributed by atoms with Crippen LogP contribution < -0.4 is 14.9 Å². The monoisotopic (exact) mass is 376 g/mol. The number of aromatic hydroxyl groups is 1. The molecule has 0 atom stereocenters. The standard InChI is InChI=1S/C16H13BrN2O4/c17-12-8-11(2-3-13(12)20)16(21)19-18-9-10-1-4-14-15(7-10)23-6-5-22-14/h1-4,7-9,20H,5-6H2,(H,19,21)/b18-9-. The maximum absolute atomic E-state index is 12.0. The molecule has 0 aromatic heterocycles. The summed E-state index contributed by atoms with van der Waals surface area (Å²) in [6.07, 6.45) is 1.52. The van der Waals surface area contributed by atoms with Crippen molar-refractivity contribution in [2.45, 2.75) is 0 Å². The van der Waals surface area contributed by atoms with Crippen LogP contribution in [-0.4, -0.2) is 30.4 Å². The van der Waals surface area contributed by atoms with E-state index in [4.69, 9.17) is 9.47 Å². The highest BCUT2D eigenvalue weighted by atomic mass is 79.9. The van der Waals surface area contributed by atoms with E-state index < -0.39 is 0 Å². The van der Waals surface area contributed by atoms with E-state index >= 15 is 0 Å². The number of halogens is 1. The van der Waals surface area contributed by atoms with Gasteiger partial charge in [-0.05, 0) is 57.9 Å². The summed E-state index contributed by atoms with van der Waals surface area (Å²) in [5.41, 5.74) is 3.59. The van der Waals surface area contributed by atoms with Crippen LogP contribution in [0.4, 0.5) is 0 Å². The highest BCUT2D eigenvalue weighted by Crippen LogP contribution is 2.30. The smallest absolute Gasteiger partial charge is 0.271 e. The van der Waals surface area contributed by atoms with Crippen LogP contribution in [0.1, 0.15) is 15.9 Å². The number of hydrazone groups is 1. The van der Waals surface area contributed by atoms with E-state index in [1.165, 1.54) is 24.4 Å². The molecule has 2 aromatic rings. The first-order valence-electron chi connectivity index (χ1n) is 6.85. The van der Waals surface area contributed by atoms with Gasteiger partial charge in [0.1, 0.15) is 19.0 Å². The molecule has 0 aliphatic carbocycles. The summed E-state index contributed by atoms with van der Waals surface area (Å²) in [5.74, 6) is 1.06. The molecule has 1 aliphatic heterocycles. The lowest BCUT2D eigenvalue weighted by atomic mass is 10.2. The fourth-order valence-electron chi connectivity index (χ4n) is 2.02. The SMILES string of the molecule is O=C(N/N=C\c1ccc2c(c1)OCCO2)c1ccc(O)c(Br)c1. The molecule has 0 spiro atoms. The number of carbonyl (C=O) groups is 1. The summed E-state index contributed by atoms with van der Waals surface area (Å²) in [6.45, 7) is 1.05. The van der Waals surface area contributed by atoms with Crippen molar-refractivity contribution in [2.75, 3.05) is 13.2 Å². The molecule has 6 nitrogen and oxygen atoms in total. The largest absolute Gasteiger partial charge is 0.507 e. The van der Waals surface area contributed by atoms with Gasteiger partial charge in [-0.3, -0.25) is 4.79 Å². The van der Waals surface area contributed by atoms with E-state index in [0.717, 1.165) is 5.56 Å². The van der Waals surface area contributed by atoms with Gasteiger partial charge < -0.3 is 14.6 Å². The van der Waals surface area contributed by atoms with E-state index in [-0.39, 0.29) is 11.7 Å². The number of hydrogen-bond donors (Lipinski definition) is 2. The molecule has 3 rings (SSSR count). The predicted octanol–water partition coefficient (Wildman–Crippen LogP) is 2.69. The van der Waals surface area contributed by atoms with Gasteiger partial charge in [0.2, 0.25) is 0 Å². The summed E-state index contributed by atoms with van der Waals surface area (Å²) in [4.78, 5) is 12.0. The van der Waals surface area contributed by atoms with E-state index in [0.29, 0.717) is 34.7 Å². The number of amides is 1. The van der Waals surface area contributed by atoms with Crippen molar-refractivity contribution in [3.63, 3.8) is 0 Å². The molecule has 118 valence electrons. The second-order valence-electron chi connectivity index (χ2n) is 4.77. The van der Waals surface area contributed by atoms with Gasteiger partial charge in [-0.15, -0.1) is 0 Å². The fourth-order valence-corrected chi connectivity index (χ4v) is 2.40. The minimum absolute atomic E-state index is 0.0707. The van der Waals surface area contributed by atoms with Crippen molar-refractivity contribution in [3.05, 3.63) is 52.0 Å². The zero-order valence-corrected chi connectivity index (χ0v) is 13.5. The Labute approximate surface area is 140 Å². The van der Waals surface area contributed by atoms with Crippen LogP contribution in [0.25, 0.3) is 0 Å². The third-order valence-corrected chi connectivity index (χ3v) is 3.79. The second-order valence-corrected chi connectivity index (χ2v) is 5.62. The van der Waals surface area contributed by atoms with Gasteiger partial charge in [0.05, 0.1) is 10.7 Å². The molecular formula is C16H13BrN2O4. The molecule has 1 amide bonds. The molecule has 0 saturated heterocycles. The quantitative estimate of drug-likeness (QED) is 0.637. The highest BCUT2D eigenvalue weighted by molar-refractivity contribution is 9.10. The van der Waals surface area contributed by atoms with Gasteiger partial charge >= 0.3 is 0 Å². The number of nitrogens with zero attached hydrogens (tertiary/aromatic N) is 1. The van der Waals surface area contributed by atoms with Crippen molar-refractivity contribution in [1.82, 2.24) is 5.43 Å². The van der Waals surface area contributed by atoms with Gasteiger partial charge in [0.15, 0.2) is 11.5 Å². The molecule has 0 bridgehead atoms. The number of benzene rings is 2. The Bertz CT molecular complexity index is 777. The maximum Gasteiger partial charge on any atom is 0.271 e. The molecule has 0 fully saturated rings. The summed E-state index contributed by atoms with van der Waals surface area (Å²) < 4.78 is 11.4. The topological polar surface area (TPSA) is 80.2 Å². The Balaban J connectivity index is 1.66. The second kappa shape index (κ2) is 6.70. The summed E-state index contributed by atoms with van der Waals surface area (Å²) >= 11 is 3.16. The van der Waals surface area contributed by atoms with E-state index in [2.05, 4.69) is 26.5 Å². The van der Waals surface area contributed by atoms with Crippen LogP contribution in [-0.2, 0) is 0 Å². The van der Waals surface area contributed by atoms with Gasteiger partial charge in [-0.1, -0.05) is 0 Å². The molecule has 1 heterocycles. The molecule has 0 unspecified atom stereocenters. The Morgan fingerprint density at radius 3 is 2.74 bits per heavy atom. The van der Waals surface area contributed by atoms with Gasteiger partial charge in [0, 0.05) is 5.56 Å². The third kappa shape index (κ3) is 3.62. The average Bonchev–Trinajstić information content (AvgIpc) is 2.57. The van der Waals surface area contributed by atoms with Gasteiger partial charge in [-0.2, -0.15) is 5.10 Å². The molecule has 0 radical (unpaired) electrons. The predicted molar refractivity (Wildman–Crippen MR) is 88.3 cm³/mol. The molecule has 0 saturated carbocycles. The Morgan fingerprint density at radius 1 is 1.17 bits per heavy atom. The first-order valence-corrected chi connectivity index (χ1v) is 7.64.